The van der Waals surface area contributed by atoms with Gasteiger partial charge in [-0.2, -0.15) is 9.30 Å². The number of halogens is 1. The molecule has 1 aliphatic heterocycles. The van der Waals surface area contributed by atoms with E-state index in [-0.39, 0.29) is 47.1 Å². The Labute approximate surface area is 205 Å². The van der Waals surface area contributed by atoms with Crippen LogP contribution in [-0.2, 0) is 30.8 Å². The van der Waals surface area contributed by atoms with Crippen molar-refractivity contribution in [3.05, 3.63) is 58.6 Å². The lowest BCUT2D eigenvalue weighted by molar-refractivity contribution is -0.141. The summed E-state index contributed by atoms with van der Waals surface area (Å²) in [5.74, 6) is -1.64. The lowest BCUT2D eigenvalue weighted by Crippen LogP contribution is -2.48. The number of rotatable bonds is 5. The number of carbonyl (C=O) groups is 2. The van der Waals surface area contributed by atoms with Gasteiger partial charge in [-0.25, -0.2) is 12.8 Å². The highest BCUT2D eigenvalue weighted by Gasteiger charge is 2.32. The molecule has 186 valence electrons. The maximum atomic E-state index is 13.7. The molecule has 1 fully saturated rings. The van der Waals surface area contributed by atoms with Crippen LogP contribution in [-0.4, -0.2) is 61.6 Å². The molecule has 0 unspecified atom stereocenters. The number of methoxy groups -OCH3 is 1. The summed E-state index contributed by atoms with van der Waals surface area (Å²) in [5.41, 5.74) is 0.699. The fourth-order valence-electron chi connectivity index (χ4n) is 3.88. The van der Waals surface area contributed by atoms with Crippen LogP contribution in [0.25, 0.3) is 10.2 Å². The lowest BCUT2D eigenvalue weighted by atomic mass is 10.2. The Kier molecular flexibility index (Phi) is 7.17. The third-order valence-electron chi connectivity index (χ3n) is 5.48. The highest BCUT2D eigenvalue weighted by molar-refractivity contribution is 7.89. The van der Waals surface area contributed by atoms with Gasteiger partial charge in [-0.15, -0.1) is 0 Å². The van der Waals surface area contributed by atoms with Crippen molar-refractivity contribution in [1.82, 2.24) is 8.87 Å². The van der Waals surface area contributed by atoms with Crippen molar-refractivity contribution in [3.63, 3.8) is 0 Å². The van der Waals surface area contributed by atoms with E-state index in [9.17, 15) is 22.4 Å². The normalized spacial score (nSPS) is 19.7. The molecule has 3 aromatic rings. The molecule has 0 saturated carbocycles. The minimum atomic E-state index is -3.75. The number of amides is 1. The average molecular weight is 522 g/mol. The molecule has 0 bridgehead atoms. The topological polar surface area (TPSA) is 107 Å². The summed E-state index contributed by atoms with van der Waals surface area (Å²) < 4.78 is 53.5. The molecule has 0 aliphatic carbocycles. The predicted molar refractivity (Wildman–Crippen MR) is 127 cm³/mol. The summed E-state index contributed by atoms with van der Waals surface area (Å²) in [4.78, 5) is 29.1. The fourth-order valence-corrected chi connectivity index (χ4v) is 6.52. The Morgan fingerprint density at radius 3 is 2.43 bits per heavy atom. The van der Waals surface area contributed by atoms with Gasteiger partial charge in [0, 0.05) is 18.7 Å². The van der Waals surface area contributed by atoms with Gasteiger partial charge in [0.25, 0.3) is 5.91 Å². The standard InChI is InChI=1S/C23H24FN3O6S2/c1-14-11-26(12-15(2)33-14)35(30,31)18-7-4-16(5-8-18)22(29)25-23-27(13-21(28)32-3)19-9-6-17(24)10-20(19)34-23/h4-10,14-15H,11-13H2,1-3H3/t14-,15-/m0/s1. The summed E-state index contributed by atoms with van der Waals surface area (Å²) in [6, 6.07) is 9.57. The van der Waals surface area contributed by atoms with Gasteiger partial charge in [0.2, 0.25) is 10.0 Å². The third-order valence-corrected chi connectivity index (χ3v) is 8.37. The highest BCUT2D eigenvalue weighted by atomic mass is 32.2. The van der Waals surface area contributed by atoms with Crippen molar-refractivity contribution in [2.45, 2.75) is 37.5 Å². The lowest BCUT2D eigenvalue weighted by Gasteiger charge is -2.34. The maximum absolute atomic E-state index is 13.7. The zero-order valence-electron chi connectivity index (χ0n) is 19.3. The predicted octanol–water partition coefficient (Wildman–Crippen LogP) is 2.55. The number of morpholine rings is 1. The zero-order valence-corrected chi connectivity index (χ0v) is 20.9. The first-order valence-corrected chi connectivity index (χ1v) is 13.0. The summed E-state index contributed by atoms with van der Waals surface area (Å²) >= 11 is 1.05. The number of fused-ring (bicyclic) bond motifs is 1. The largest absolute Gasteiger partial charge is 0.468 e. The molecule has 0 N–H and O–H groups in total. The number of hydrogen-bond donors (Lipinski definition) is 0. The smallest absolute Gasteiger partial charge is 0.325 e. The molecule has 1 amide bonds. The molecule has 1 saturated heterocycles. The first kappa shape index (κ1) is 25.2. The number of hydrogen-bond acceptors (Lipinski definition) is 7. The van der Waals surface area contributed by atoms with Crippen molar-refractivity contribution in [1.29, 1.82) is 0 Å². The minimum Gasteiger partial charge on any atom is -0.468 e. The van der Waals surface area contributed by atoms with Crippen LogP contribution < -0.4 is 4.80 Å². The molecule has 2 heterocycles. The van der Waals surface area contributed by atoms with E-state index in [1.54, 1.807) is 0 Å². The molecular weight excluding hydrogens is 497 g/mol. The summed E-state index contributed by atoms with van der Waals surface area (Å²) in [7, 11) is -2.51. The molecule has 2 aromatic carbocycles. The van der Waals surface area contributed by atoms with E-state index in [1.807, 2.05) is 13.8 Å². The van der Waals surface area contributed by atoms with Crippen LogP contribution >= 0.6 is 11.3 Å². The number of esters is 1. The summed E-state index contributed by atoms with van der Waals surface area (Å²) in [6.07, 6.45) is -0.445. The maximum Gasteiger partial charge on any atom is 0.325 e. The molecule has 35 heavy (non-hydrogen) atoms. The Morgan fingerprint density at radius 1 is 1.14 bits per heavy atom. The molecule has 9 nitrogen and oxygen atoms in total. The Morgan fingerprint density at radius 2 is 1.80 bits per heavy atom. The molecule has 2 atom stereocenters. The number of thiazole rings is 1. The number of ether oxygens (including phenoxy) is 2. The molecule has 1 aromatic heterocycles. The van der Waals surface area contributed by atoms with Gasteiger partial charge in [0.05, 0.1) is 34.4 Å². The van der Waals surface area contributed by atoms with Crippen molar-refractivity contribution in [2.75, 3.05) is 20.2 Å². The van der Waals surface area contributed by atoms with Crippen molar-refractivity contribution in [3.8, 4) is 0 Å². The van der Waals surface area contributed by atoms with Crippen molar-refractivity contribution >= 4 is 43.5 Å². The van der Waals surface area contributed by atoms with Gasteiger partial charge < -0.3 is 14.0 Å². The Bertz CT molecular complexity index is 1440. The van der Waals surface area contributed by atoms with Crippen LogP contribution in [0.1, 0.15) is 24.2 Å². The minimum absolute atomic E-state index is 0.0634. The highest BCUT2D eigenvalue weighted by Crippen LogP contribution is 2.22. The molecule has 0 radical (unpaired) electrons. The zero-order chi connectivity index (χ0) is 25.3. The van der Waals surface area contributed by atoms with Crippen molar-refractivity contribution in [2.24, 2.45) is 4.99 Å². The molecule has 12 heteroatoms. The molecule has 4 rings (SSSR count). The van der Waals surface area contributed by atoms with E-state index >= 15 is 0 Å². The molecule has 0 spiro atoms. The van der Waals surface area contributed by atoms with E-state index in [1.165, 1.54) is 58.4 Å². The first-order valence-electron chi connectivity index (χ1n) is 10.8. The summed E-state index contributed by atoms with van der Waals surface area (Å²) in [6.45, 7) is 3.92. The Hall–Kier alpha value is -2.93. The second kappa shape index (κ2) is 9.97. The number of carbonyl (C=O) groups excluding carboxylic acids is 2. The van der Waals surface area contributed by atoms with E-state index in [4.69, 9.17) is 9.47 Å². The van der Waals surface area contributed by atoms with Gasteiger partial charge in [-0.3, -0.25) is 9.59 Å². The van der Waals surface area contributed by atoms with Gasteiger partial charge in [-0.05, 0) is 56.3 Å². The molecule has 1 aliphatic rings. The number of nitrogens with zero attached hydrogens (tertiary/aromatic N) is 3. The number of benzene rings is 2. The SMILES string of the molecule is COC(=O)Cn1c(=NC(=O)c2ccc(S(=O)(=O)N3C[C@H](C)O[C@@H](C)C3)cc2)sc2cc(F)ccc21. The van der Waals surface area contributed by atoms with E-state index < -0.39 is 27.7 Å². The van der Waals surface area contributed by atoms with Crippen LogP contribution in [0.5, 0.6) is 0 Å². The Balaban J connectivity index is 1.65. The van der Waals surface area contributed by atoms with E-state index in [2.05, 4.69) is 4.99 Å². The van der Waals surface area contributed by atoms with E-state index in [0.717, 1.165) is 11.3 Å². The second-order valence-corrected chi connectivity index (χ2v) is 11.1. The number of aromatic nitrogens is 1. The monoisotopic (exact) mass is 521 g/mol. The first-order chi connectivity index (χ1) is 16.6. The van der Waals surface area contributed by atoms with Crippen molar-refractivity contribution < 1.29 is 31.9 Å². The number of sulfonamides is 1. The molecular formula is C23H24FN3O6S2. The van der Waals surface area contributed by atoms with E-state index in [0.29, 0.717) is 10.2 Å². The quantitative estimate of drug-likeness (QED) is 0.478. The van der Waals surface area contributed by atoms with Crippen LogP contribution in [0, 0.1) is 5.82 Å². The third kappa shape index (κ3) is 5.35. The van der Waals surface area contributed by atoms with Gasteiger partial charge in [0.15, 0.2) is 4.80 Å². The summed E-state index contributed by atoms with van der Waals surface area (Å²) in [5, 5.41) is 0. The van der Waals surface area contributed by atoms with Crippen LogP contribution in [0.15, 0.2) is 52.4 Å². The van der Waals surface area contributed by atoms with Gasteiger partial charge in [-0.1, -0.05) is 11.3 Å². The van der Waals surface area contributed by atoms with Gasteiger partial charge in [0.1, 0.15) is 12.4 Å². The van der Waals surface area contributed by atoms with Crippen LogP contribution in [0.4, 0.5) is 4.39 Å². The second-order valence-electron chi connectivity index (χ2n) is 8.18. The average Bonchev–Trinajstić information content (AvgIpc) is 3.13. The van der Waals surface area contributed by atoms with Crippen LogP contribution in [0.2, 0.25) is 0 Å². The fraction of sp³-hybridized carbons (Fsp3) is 0.348. The van der Waals surface area contributed by atoms with Crippen LogP contribution in [0.3, 0.4) is 0 Å². The van der Waals surface area contributed by atoms with Gasteiger partial charge >= 0.3 is 5.97 Å².